The largest absolute Gasteiger partial charge is 0.433 e. The molecule has 29 heavy (non-hydrogen) atoms. The molecule has 1 aromatic heterocycles. The predicted octanol–water partition coefficient (Wildman–Crippen LogP) is 4.12. The summed E-state index contributed by atoms with van der Waals surface area (Å²) in [4.78, 5) is 6.51. The van der Waals surface area contributed by atoms with Crippen LogP contribution in [0.2, 0.25) is 0 Å². The molecule has 2 aliphatic heterocycles. The molecule has 2 saturated heterocycles. The van der Waals surface area contributed by atoms with E-state index in [2.05, 4.69) is 9.88 Å². The molecule has 4 nitrogen and oxygen atoms in total. The second-order valence-corrected chi connectivity index (χ2v) is 11.8. The predicted molar refractivity (Wildman–Crippen MR) is 103 cm³/mol. The van der Waals surface area contributed by atoms with Crippen LogP contribution in [0.25, 0.3) is 0 Å². The van der Waals surface area contributed by atoms with E-state index in [1.807, 2.05) is 0 Å². The molecule has 0 atom stereocenters. The molecule has 5 rings (SSSR count). The summed E-state index contributed by atoms with van der Waals surface area (Å²) in [6.07, 6.45) is 2.46. The van der Waals surface area contributed by atoms with Gasteiger partial charge in [-0.2, -0.15) is 13.2 Å². The fraction of sp³-hybridized carbons (Fsp3) is 0.762. The molecular weight excluding hydrogens is 401 g/mol. The van der Waals surface area contributed by atoms with Gasteiger partial charge in [0.15, 0.2) is 9.84 Å². The van der Waals surface area contributed by atoms with Gasteiger partial charge < -0.3 is 0 Å². The highest BCUT2D eigenvalue weighted by Crippen LogP contribution is 2.48. The minimum atomic E-state index is -4.39. The van der Waals surface area contributed by atoms with Gasteiger partial charge in [-0.25, -0.2) is 13.4 Å². The van der Waals surface area contributed by atoms with Crippen molar-refractivity contribution in [2.75, 3.05) is 24.6 Å². The van der Waals surface area contributed by atoms with Gasteiger partial charge in [0.25, 0.3) is 0 Å². The van der Waals surface area contributed by atoms with Gasteiger partial charge in [0, 0.05) is 29.6 Å². The van der Waals surface area contributed by atoms with E-state index >= 15 is 0 Å². The highest BCUT2D eigenvalue weighted by molar-refractivity contribution is 7.92. The number of nitrogens with zero attached hydrogens (tertiary/aromatic N) is 2. The summed E-state index contributed by atoms with van der Waals surface area (Å²) in [5.41, 5.74) is 0.936. The van der Waals surface area contributed by atoms with Gasteiger partial charge in [0.1, 0.15) is 5.69 Å². The Morgan fingerprint density at radius 2 is 1.66 bits per heavy atom. The van der Waals surface area contributed by atoms with Crippen molar-refractivity contribution in [3.05, 3.63) is 29.1 Å². The number of likely N-dealkylation sites (tertiary alicyclic amines) is 1. The SMILES string of the molecule is O=S1(=O)CC2(CCN([C@H]3CC[C@H](c4ccc(C(F)(F)F)nc4C4CC4)CC3)C2)C1. The Hall–Kier alpha value is -1.15. The summed E-state index contributed by atoms with van der Waals surface area (Å²) in [5, 5.41) is 0. The molecule has 2 aliphatic carbocycles. The summed E-state index contributed by atoms with van der Waals surface area (Å²) in [6, 6.07) is 3.30. The van der Waals surface area contributed by atoms with Gasteiger partial charge >= 0.3 is 6.18 Å². The minimum absolute atomic E-state index is 0.00777. The molecular formula is C21H27F3N2O2S. The van der Waals surface area contributed by atoms with Crippen molar-refractivity contribution in [3.63, 3.8) is 0 Å². The van der Waals surface area contributed by atoms with Crippen molar-refractivity contribution in [1.29, 1.82) is 0 Å². The van der Waals surface area contributed by atoms with Crippen LogP contribution in [-0.2, 0) is 16.0 Å². The smallest absolute Gasteiger partial charge is 0.300 e. The van der Waals surface area contributed by atoms with Crippen LogP contribution in [0, 0.1) is 5.41 Å². The number of hydrogen-bond acceptors (Lipinski definition) is 4. The number of pyridine rings is 1. The van der Waals surface area contributed by atoms with Crippen LogP contribution in [0.3, 0.4) is 0 Å². The molecule has 8 heteroatoms. The number of rotatable bonds is 3. The Bertz CT molecular complexity index is 891. The molecule has 160 valence electrons. The van der Waals surface area contributed by atoms with Crippen LogP contribution in [0.5, 0.6) is 0 Å². The maximum Gasteiger partial charge on any atom is 0.433 e. The van der Waals surface area contributed by atoms with E-state index < -0.39 is 21.7 Å². The van der Waals surface area contributed by atoms with E-state index in [4.69, 9.17) is 0 Å². The van der Waals surface area contributed by atoms with Crippen LogP contribution in [-0.4, -0.2) is 48.9 Å². The van der Waals surface area contributed by atoms with Crippen LogP contribution in [0.15, 0.2) is 12.1 Å². The molecule has 0 amide bonds. The first-order chi connectivity index (χ1) is 13.6. The summed E-state index contributed by atoms with van der Waals surface area (Å²) in [6.45, 7) is 1.86. The topological polar surface area (TPSA) is 50.3 Å². The molecule has 4 fully saturated rings. The molecule has 0 aromatic carbocycles. The molecule has 0 bridgehead atoms. The molecule has 2 saturated carbocycles. The summed E-state index contributed by atoms with van der Waals surface area (Å²) < 4.78 is 62.5. The lowest BCUT2D eigenvalue weighted by Crippen LogP contribution is -2.51. The number of aromatic nitrogens is 1. The lowest BCUT2D eigenvalue weighted by atomic mass is 9.80. The van der Waals surface area contributed by atoms with Gasteiger partial charge in [-0.3, -0.25) is 4.90 Å². The highest BCUT2D eigenvalue weighted by Gasteiger charge is 2.53. The zero-order valence-corrected chi connectivity index (χ0v) is 17.2. The fourth-order valence-electron chi connectivity index (χ4n) is 5.83. The van der Waals surface area contributed by atoms with Crippen molar-refractivity contribution >= 4 is 9.84 Å². The Labute approximate surface area is 169 Å². The van der Waals surface area contributed by atoms with E-state index in [1.54, 1.807) is 6.07 Å². The molecule has 1 spiro atoms. The monoisotopic (exact) mass is 428 g/mol. The number of halogens is 3. The normalized spacial score (nSPS) is 31.7. The molecule has 4 aliphatic rings. The quantitative estimate of drug-likeness (QED) is 0.727. The minimum Gasteiger partial charge on any atom is -0.300 e. The van der Waals surface area contributed by atoms with Crippen molar-refractivity contribution < 1.29 is 21.6 Å². The van der Waals surface area contributed by atoms with Gasteiger partial charge in [-0.1, -0.05) is 6.07 Å². The molecule has 0 unspecified atom stereocenters. The Morgan fingerprint density at radius 3 is 2.24 bits per heavy atom. The zero-order chi connectivity index (χ0) is 20.4. The van der Waals surface area contributed by atoms with E-state index in [1.165, 1.54) is 0 Å². The van der Waals surface area contributed by atoms with E-state index in [-0.39, 0.29) is 17.3 Å². The Morgan fingerprint density at radius 1 is 1.00 bits per heavy atom. The first-order valence-electron chi connectivity index (χ1n) is 10.7. The van der Waals surface area contributed by atoms with E-state index in [0.29, 0.717) is 23.2 Å². The molecule has 3 heterocycles. The van der Waals surface area contributed by atoms with Gasteiger partial charge in [0.2, 0.25) is 0 Å². The first-order valence-corrected chi connectivity index (χ1v) is 12.5. The van der Waals surface area contributed by atoms with Crippen LogP contribution < -0.4 is 0 Å². The maximum atomic E-state index is 13.1. The standard InChI is InChI=1S/C21H27F3N2O2S/c22-21(23,24)18-8-7-17(19(25-18)15-1-2-15)14-3-5-16(6-4-14)26-10-9-20(11-26)12-29(27,28)13-20/h7-8,14-16H,1-6,9-13H2/t14-,16-. The Kier molecular flexibility index (Phi) is 4.55. The average Bonchev–Trinajstić information content (AvgIpc) is 3.40. The third kappa shape index (κ3) is 3.82. The zero-order valence-electron chi connectivity index (χ0n) is 16.4. The summed E-state index contributed by atoms with van der Waals surface area (Å²) in [5.74, 6) is 1.17. The summed E-state index contributed by atoms with van der Waals surface area (Å²) in [7, 11) is -2.81. The molecule has 1 aromatic rings. The third-order valence-electron chi connectivity index (χ3n) is 7.38. The highest BCUT2D eigenvalue weighted by atomic mass is 32.2. The maximum absolute atomic E-state index is 13.1. The first kappa shape index (κ1) is 19.8. The lowest BCUT2D eigenvalue weighted by molar-refractivity contribution is -0.141. The fourth-order valence-corrected chi connectivity index (χ4v) is 8.08. The Balaban J connectivity index is 1.25. The molecule has 0 N–H and O–H groups in total. The van der Waals surface area contributed by atoms with E-state index in [9.17, 15) is 21.6 Å². The third-order valence-corrected chi connectivity index (χ3v) is 9.49. The van der Waals surface area contributed by atoms with Crippen molar-refractivity contribution in [3.8, 4) is 0 Å². The van der Waals surface area contributed by atoms with Gasteiger partial charge in [-0.05, 0) is 69.0 Å². The molecule has 0 radical (unpaired) electrons. The second-order valence-electron chi connectivity index (χ2n) is 9.70. The van der Waals surface area contributed by atoms with Crippen molar-refractivity contribution in [1.82, 2.24) is 9.88 Å². The average molecular weight is 429 g/mol. The number of hydrogen-bond donors (Lipinski definition) is 0. The van der Waals surface area contributed by atoms with Gasteiger partial charge in [-0.15, -0.1) is 0 Å². The van der Waals surface area contributed by atoms with Crippen LogP contribution in [0.4, 0.5) is 13.2 Å². The van der Waals surface area contributed by atoms with Crippen molar-refractivity contribution in [2.24, 2.45) is 5.41 Å². The lowest BCUT2D eigenvalue weighted by Gasteiger charge is -2.40. The second kappa shape index (κ2) is 6.67. The van der Waals surface area contributed by atoms with Crippen LogP contribution in [0.1, 0.15) is 73.7 Å². The van der Waals surface area contributed by atoms with Crippen LogP contribution >= 0.6 is 0 Å². The van der Waals surface area contributed by atoms with Gasteiger partial charge in [0.05, 0.1) is 11.5 Å². The van der Waals surface area contributed by atoms with E-state index in [0.717, 1.165) is 69.7 Å². The van der Waals surface area contributed by atoms with Crippen molar-refractivity contribution in [2.45, 2.75) is 69.0 Å². The summed E-state index contributed by atoms with van der Waals surface area (Å²) >= 11 is 0. The number of sulfone groups is 1. The number of alkyl halides is 3.